The highest BCUT2D eigenvalue weighted by molar-refractivity contribution is 5.42. The summed E-state index contributed by atoms with van der Waals surface area (Å²) in [5, 5.41) is 18.5. The predicted molar refractivity (Wildman–Crippen MR) is 51.8 cm³/mol. The van der Waals surface area contributed by atoms with E-state index >= 15 is 0 Å². The zero-order valence-electron chi connectivity index (χ0n) is 8.00. The number of rotatable bonds is 3. The molecule has 0 heterocycles. The van der Waals surface area contributed by atoms with E-state index in [0.29, 0.717) is 13.0 Å². The second kappa shape index (κ2) is 4.28. The zero-order valence-corrected chi connectivity index (χ0v) is 8.00. The SMILES string of the molecule is CC(CCN)c1c(O)ccc(O)c1F. The number of phenols is 2. The monoisotopic (exact) mass is 199 g/mol. The van der Waals surface area contributed by atoms with Crippen LogP contribution in [0.3, 0.4) is 0 Å². The first-order valence-corrected chi connectivity index (χ1v) is 4.48. The molecule has 1 atom stereocenters. The molecule has 4 N–H and O–H groups in total. The Kier molecular flexibility index (Phi) is 3.30. The summed E-state index contributed by atoms with van der Waals surface area (Å²) < 4.78 is 13.4. The van der Waals surface area contributed by atoms with Gasteiger partial charge in [-0.25, -0.2) is 4.39 Å². The van der Waals surface area contributed by atoms with E-state index in [2.05, 4.69) is 0 Å². The lowest BCUT2D eigenvalue weighted by atomic mass is 9.96. The van der Waals surface area contributed by atoms with Gasteiger partial charge < -0.3 is 15.9 Å². The lowest BCUT2D eigenvalue weighted by molar-refractivity contribution is 0.406. The summed E-state index contributed by atoms with van der Waals surface area (Å²) in [6, 6.07) is 2.41. The van der Waals surface area contributed by atoms with E-state index in [9.17, 15) is 9.50 Å². The quantitative estimate of drug-likeness (QED) is 0.649. The van der Waals surface area contributed by atoms with Crippen molar-refractivity contribution >= 4 is 0 Å². The van der Waals surface area contributed by atoms with Gasteiger partial charge in [0.1, 0.15) is 5.75 Å². The van der Waals surface area contributed by atoms with Crippen LogP contribution < -0.4 is 5.73 Å². The lowest BCUT2D eigenvalue weighted by Crippen LogP contribution is -2.06. The molecule has 1 aromatic carbocycles. The Hall–Kier alpha value is -1.29. The molecule has 0 aliphatic heterocycles. The molecule has 1 rings (SSSR count). The van der Waals surface area contributed by atoms with E-state index in [-0.39, 0.29) is 17.2 Å². The number of hydrogen-bond acceptors (Lipinski definition) is 3. The van der Waals surface area contributed by atoms with Crippen molar-refractivity contribution in [1.82, 2.24) is 0 Å². The van der Waals surface area contributed by atoms with Crippen LogP contribution in [0.1, 0.15) is 24.8 Å². The summed E-state index contributed by atoms with van der Waals surface area (Å²) >= 11 is 0. The number of benzene rings is 1. The summed E-state index contributed by atoms with van der Waals surface area (Å²) in [5.74, 6) is -1.54. The topological polar surface area (TPSA) is 66.5 Å². The van der Waals surface area contributed by atoms with Crippen LogP contribution in [0.15, 0.2) is 12.1 Å². The minimum absolute atomic E-state index is 0.135. The third kappa shape index (κ3) is 1.96. The first kappa shape index (κ1) is 10.8. The van der Waals surface area contributed by atoms with Gasteiger partial charge in [0.2, 0.25) is 0 Å². The van der Waals surface area contributed by atoms with E-state index in [4.69, 9.17) is 10.8 Å². The number of aromatic hydroxyl groups is 2. The predicted octanol–water partition coefficient (Wildman–Crippen LogP) is 1.69. The van der Waals surface area contributed by atoms with Gasteiger partial charge in [0.05, 0.1) is 0 Å². The molecular formula is C10H14FNO2. The van der Waals surface area contributed by atoms with Crippen LogP contribution in [-0.2, 0) is 0 Å². The Bertz CT molecular complexity index is 328. The largest absolute Gasteiger partial charge is 0.508 e. The van der Waals surface area contributed by atoms with Crippen LogP contribution in [0.5, 0.6) is 11.5 Å². The van der Waals surface area contributed by atoms with Gasteiger partial charge in [-0.2, -0.15) is 0 Å². The van der Waals surface area contributed by atoms with Crippen LogP contribution in [0.2, 0.25) is 0 Å². The fraction of sp³-hybridized carbons (Fsp3) is 0.400. The Morgan fingerprint density at radius 1 is 1.36 bits per heavy atom. The first-order chi connectivity index (χ1) is 6.57. The number of hydrogen-bond donors (Lipinski definition) is 3. The highest BCUT2D eigenvalue weighted by Crippen LogP contribution is 2.34. The first-order valence-electron chi connectivity index (χ1n) is 4.48. The Morgan fingerprint density at radius 3 is 2.50 bits per heavy atom. The molecule has 4 heteroatoms. The maximum Gasteiger partial charge on any atom is 0.171 e. The van der Waals surface area contributed by atoms with Crippen molar-refractivity contribution in [3.63, 3.8) is 0 Å². The van der Waals surface area contributed by atoms with Gasteiger partial charge in [0.15, 0.2) is 11.6 Å². The maximum absolute atomic E-state index is 13.4. The molecular weight excluding hydrogens is 185 g/mol. The second-order valence-electron chi connectivity index (χ2n) is 3.31. The minimum Gasteiger partial charge on any atom is -0.508 e. The van der Waals surface area contributed by atoms with E-state index in [0.717, 1.165) is 6.07 Å². The second-order valence-corrected chi connectivity index (χ2v) is 3.31. The van der Waals surface area contributed by atoms with E-state index < -0.39 is 11.6 Å². The molecule has 1 aromatic rings. The summed E-state index contributed by atoms with van der Waals surface area (Å²) in [6.07, 6.45) is 0.563. The third-order valence-electron chi connectivity index (χ3n) is 2.23. The molecule has 3 nitrogen and oxygen atoms in total. The van der Waals surface area contributed by atoms with Crippen molar-refractivity contribution in [1.29, 1.82) is 0 Å². The van der Waals surface area contributed by atoms with E-state index in [1.807, 2.05) is 0 Å². The molecule has 0 aromatic heterocycles. The van der Waals surface area contributed by atoms with Crippen molar-refractivity contribution in [2.75, 3.05) is 6.54 Å². The molecule has 0 radical (unpaired) electrons. The van der Waals surface area contributed by atoms with Gasteiger partial charge in [-0.3, -0.25) is 0 Å². The van der Waals surface area contributed by atoms with Gasteiger partial charge in [-0.1, -0.05) is 6.92 Å². The van der Waals surface area contributed by atoms with Crippen molar-refractivity contribution in [3.8, 4) is 11.5 Å². The summed E-state index contributed by atoms with van der Waals surface area (Å²) in [7, 11) is 0. The van der Waals surface area contributed by atoms with E-state index in [1.165, 1.54) is 6.07 Å². The number of halogens is 1. The molecule has 0 bridgehead atoms. The highest BCUT2D eigenvalue weighted by Gasteiger charge is 2.17. The normalized spacial score (nSPS) is 12.8. The zero-order chi connectivity index (χ0) is 10.7. The average molecular weight is 199 g/mol. The molecule has 1 unspecified atom stereocenters. The molecule has 78 valence electrons. The molecule has 14 heavy (non-hydrogen) atoms. The third-order valence-corrected chi connectivity index (χ3v) is 2.23. The standard InChI is InChI=1S/C10H14FNO2/c1-6(4-5-12)9-7(13)2-3-8(14)10(9)11/h2-3,6,13-14H,4-5,12H2,1H3. The average Bonchev–Trinajstić information content (AvgIpc) is 2.13. The van der Waals surface area contributed by atoms with Crippen LogP contribution in [0.4, 0.5) is 4.39 Å². The van der Waals surface area contributed by atoms with Gasteiger partial charge in [-0.05, 0) is 31.0 Å². The fourth-order valence-electron chi connectivity index (χ4n) is 1.43. The number of phenolic OH excluding ortho intramolecular Hbond substituents is 2. The van der Waals surface area contributed by atoms with Gasteiger partial charge in [0.25, 0.3) is 0 Å². The van der Waals surface area contributed by atoms with Crippen molar-refractivity contribution in [2.24, 2.45) is 5.73 Å². The van der Waals surface area contributed by atoms with Crippen LogP contribution in [0, 0.1) is 5.82 Å². The Balaban J connectivity index is 3.11. The Labute approximate surface area is 82.0 Å². The summed E-state index contributed by atoms with van der Waals surface area (Å²) in [4.78, 5) is 0. The van der Waals surface area contributed by atoms with Crippen molar-refractivity contribution < 1.29 is 14.6 Å². The Morgan fingerprint density at radius 2 is 1.93 bits per heavy atom. The maximum atomic E-state index is 13.4. The van der Waals surface area contributed by atoms with Gasteiger partial charge in [-0.15, -0.1) is 0 Å². The lowest BCUT2D eigenvalue weighted by Gasteiger charge is -2.13. The van der Waals surface area contributed by atoms with Crippen molar-refractivity contribution in [2.45, 2.75) is 19.3 Å². The molecule has 0 aliphatic rings. The van der Waals surface area contributed by atoms with Crippen LogP contribution in [-0.4, -0.2) is 16.8 Å². The van der Waals surface area contributed by atoms with Crippen molar-refractivity contribution in [3.05, 3.63) is 23.5 Å². The molecule has 0 aliphatic carbocycles. The van der Waals surface area contributed by atoms with Crippen LogP contribution >= 0.6 is 0 Å². The molecule has 0 spiro atoms. The molecule has 0 fully saturated rings. The summed E-state index contributed by atoms with van der Waals surface area (Å²) in [6.45, 7) is 2.17. The van der Waals surface area contributed by atoms with E-state index in [1.54, 1.807) is 6.92 Å². The van der Waals surface area contributed by atoms with Gasteiger partial charge in [0, 0.05) is 5.56 Å². The minimum atomic E-state index is -0.758. The number of nitrogens with two attached hydrogens (primary N) is 1. The highest BCUT2D eigenvalue weighted by atomic mass is 19.1. The smallest absolute Gasteiger partial charge is 0.171 e. The molecule has 0 saturated heterocycles. The molecule has 0 amide bonds. The van der Waals surface area contributed by atoms with Gasteiger partial charge >= 0.3 is 0 Å². The summed E-state index contributed by atoms with van der Waals surface area (Å²) in [5.41, 5.74) is 5.47. The fourth-order valence-corrected chi connectivity index (χ4v) is 1.43. The molecule has 0 saturated carbocycles. The van der Waals surface area contributed by atoms with Crippen LogP contribution in [0.25, 0.3) is 0 Å².